The Morgan fingerprint density at radius 3 is 1.93 bits per heavy atom. The molecule has 5 aliphatic rings. The second-order valence-electron chi connectivity index (χ2n) is 18.7. The molecule has 0 saturated heterocycles. The van der Waals surface area contributed by atoms with Crippen LogP contribution in [-0.2, 0) is 8.85 Å². The highest BCUT2D eigenvalue weighted by molar-refractivity contribution is 6.74. The van der Waals surface area contributed by atoms with Gasteiger partial charge in [-0.15, -0.1) is 0 Å². The molecule has 0 aromatic carbocycles. The molecule has 0 heterocycles. The van der Waals surface area contributed by atoms with E-state index < -0.39 is 22.2 Å². The lowest BCUT2D eigenvalue weighted by atomic mass is 9.43. The summed E-state index contributed by atoms with van der Waals surface area (Å²) < 4.78 is 15.0. The van der Waals surface area contributed by atoms with E-state index in [2.05, 4.69) is 76.2 Å². The van der Waals surface area contributed by atoms with Gasteiger partial charge in [0, 0.05) is 11.5 Å². The fourth-order valence-corrected chi connectivity index (χ4v) is 19.0. The van der Waals surface area contributed by atoms with E-state index in [1.165, 1.54) is 100 Å². The summed E-state index contributed by atoms with van der Waals surface area (Å²) in [6, 6.07) is 7.47. The molecule has 0 radical (unpaired) electrons. The van der Waals surface area contributed by atoms with Crippen molar-refractivity contribution in [2.24, 2.45) is 58.2 Å². The zero-order chi connectivity index (χ0) is 33.7. The summed E-state index contributed by atoms with van der Waals surface area (Å²) >= 11 is 0. The average molecular weight is 675 g/mol. The standard InChI is InChI=1S/C41H78O3Si2/c1-12-45(13-2,14-3)43-32-23-24-39(9)31(27-32)18-19-33-35-20-21-37(40(10,42)25-22-29(7)34-26-30(34)8)41(35,11)38(28-36(33)39)44-46(15-4,16-5)17-6/h29-38,42H,12-28H2,1-11H3/t29-,30-,31+,32+,33+,34+,35+,36+,37-,38-,39+,40+,41+/m1/s1. The van der Waals surface area contributed by atoms with Crippen LogP contribution in [0, 0.1) is 58.2 Å². The van der Waals surface area contributed by atoms with Crippen molar-refractivity contribution in [1.29, 1.82) is 0 Å². The maximum absolute atomic E-state index is 12.5. The first kappa shape index (κ1) is 37.6. The van der Waals surface area contributed by atoms with E-state index in [0.717, 1.165) is 41.9 Å². The van der Waals surface area contributed by atoms with Gasteiger partial charge in [0.25, 0.3) is 0 Å². The number of rotatable bonds is 15. The van der Waals surface area contributed by atoms with Gasteiger partial charge in [-0.1, -0.05) is 69.2 Å². The lowest BCUT2D eigenvalue weighted by Gasteiger charge is -2.64. The van der Waals surface area contributed by atoms with Crippen LogP contribution >= 0.6 is 0 Å². The molecule has 0 amide bonds. The quantitative estimate of drug-likeness (QED) is 0.176. The van der Waals surface area contributed by atoms with Crippen molar-refractivity contribution in [2.75, 3.05) is 0 Å². The first-order valence-corrected chi connectivity index (χ1v) is 25.9. The van der Waals surface area contributed by atoms with Gasteiger partial charge in [0.1, 0.15) is 0 Å². The molecule has 5 heteroatoms. The van der Waals surface area contributed by atoms with Gasteiger partial charge in [0.05, 0.1) is 11.7 Å². The minimum Gasteiger partial charge on any atom is -0.414 e. The Labute approximate surface area is 288 Å². The average Bonchev–Trinajstić information content (AvgIpc) is 3.67. The number of hydrogen-bond acceptors (Lipinski definition) is 3. The highest BCUT2D eigenvalue weighted by Crippen LogP contribution is 2.70. The summed E-state index contributed by atoms with van der Waals surface area (Å²) in [5, 5.41) is 12.5. The van der Waals surface area contributed by atoms with Gasteiger partial charge in [-0.05, 0) is 167 Å². The molecule has 3 nitrogen and oxygen atoms in total. The summed E-state index contributed by atoms with van der Waals surface area (Å²) in [6.45, 7) is 26.9. The van der Waals surface area contributed by atoms with E-state index in [9.17, 15) is 5.11 Å². The molecule has 5 fully saturated rings. The van der Waals surface area contributed by atoms with Crippen molar-refractivity contribution in [3.05, 3.63) is 0 Å². The molecule has 0 spiro atoms. The number of aliphatic hydroxyl groups is 1. The largest absolute Gasteiger partial charge is 0.414 e. The lowest BCUT2D eigenvalue weighted by Crippen LogP contribution is -2.62. The molecular formula is C41H78O3Si2. The molecular weight excluding hydrogens is 597 g/mol. The van der Waals surface area contributed by atoms with Crippen molar-refractivity contribution in [1.82, 2.24) is 0 Å². The summed E-state index contributed by atoms with van der Waals surface area (Å²) in [5.41, 5.74) is -0.118. The zero-order valence-corrected chi connectivity index (χ0v) is 34.6. The van der Waals surface area contributed by atoms with E-state index in [4.69, 9.17) is 8.85 Å². The van der Waals surface area contributed by atoms with Crippen LogP contribution in [0.25, 0.3) is 0 Å². The van der Waals surface area contributed by atoms with Crippen molar-refractivity contribution >= 4 is 16.6 Å². The van der Waals surface area contributed by atoms with Crippen LogP contribution in [-0.4, -0.2) is 39.6 Å². The molecule has 0 bridgehead atoms. The third-order valence-electron chi connectivity index (χ3n) is 17.1. The normalized spacial score (nSPS) is 42.9. The first-order chi connectivity index (χ1) is 21.7. The van der Waals surface area contributed by atoms with Gasteiger partial charge in [-0.3, -0.25) is 0 Å². The highest BCUT2D eigenvalue weighted by atomic mass is 28.4. The Hall–Kier alpha value is 0.314. The first-order valence-electron chi connectivity index (χ1n) is 20.8. The van der Waals surface area contributed by atoms with E-state index in [1.807, 2.05) is 0 Å². The minimum atomic E-state index is -1.82. The monoisotopic (exact) mass is 675 g/mol. The zero-order valence-electron chi connectivity index (χ0n) is 32.6. The van der Waals surface area contributed by atoms with E-state index in [-0.39, 0.29) is 5.41 Å². The third kappa shape index (κ3) is 6.59. The van der Waals surface area contributed by atoms with Crippen molar-refractivity contribution in [2.45, 2.75) is 201 Å². The van der Waals surface area contributed by atoms with Crippen LogP contribution in [0.3, 0.4) is 0 Å². The molecule has 1 N–H and O–H groups in total. The lowest BCUT2D eigenvalue weighted by molar-refractivity contribution is -0.186. The Morgan fingerprint density at radius 1 is 0.783 bits per heavy atom. The van der Waals surface area contributed by atoms with Crippen LogP contribution in [0.1, 0.15) is 147 Å². The third-order valence-corrected chi connectivity index (χ3v) is 26.5. The van der Waals surface area contributed by atoms with Crippen LogP contribution in [0.15, 0.2) is 0 Å². The molecule has 46 heavy (non-hydrogen) atoms. The second kappa shape index (κ2) is 14.1. The fraction of sp³-hybridized carbons (Fsp3) is 1.00. The van der Waals surface area contributed by atoms with Crippen LogP contribution in [0.5, 0.6) is 0 Å². The minimum absolute atomic E-state index is 0.0800. The topological polar surface area (TPSA) is 38.7 Å². The van der Waals surface area contributed by atoms with Crippen molar-refractivity contribution < 1.29 is 14.0 Å². The van der Waals surface area contributed by atoms with Crippen molar-refractivity contribution in [3.8, 4) is 0 Å². The number of fused-ring (bicyclic) bond motifs is 5. The molecule has 0 aromatic heterocycles. The van der Waals surface area contributed by atoms with E-state index in [1.54, 1.807) is 0 Å². The van der Waals surface area contributed by atoms with Gasteiger partial charge in [0.2, 0.25) is 0 Å². The van der Waals surface area contributed by atoms with Crippen molar-refractivity contribution in [3.63, 3.8) is 0 Å². The Morgan fingerprint density at radius 2 is 1.37 bits per heavy atom. The highest BCUT2D eigenvalue weighted by Gasteiger charge is 2.66. The molecule has 0 aromatic rings. The van der Waals surface area contributed by atoms with E-state index in [0.29, 0.717) is 29.5 Å². The van der Waals surface area contributed by atoms with Gasteiger partial charge >= 0.3 is 0 Å². The molecule has 268 valence electrons. The summed E-state index contributed by atoms with van der Waals surface area (Å²) in [6.07, 6.45) is 14.8. The Kier molecular flexibility index (Phi) is 11.6. The summed E-state index contributed by atoms with van der Waals surface area (Å²) in [5.74, 6) is 5.92. The SMILES string of the molecule is CC[Si](CC)(CC)O[C@H]1CC[C@@]2(C)[C@@H](CC[C@@H]3[C@@H]2C[C@@H](O[Si](CC)(CC)CC)[C@@]2(C)[C@H]3CC[C@@H]2[C@@](C)(O)CC[C@@H](C)[C@@H]2C[C@H]2C)C1. The van der Waals surface area contributed by atoms with Gasteiger partial charge < -0.3 is 14.0 Å². The van der Waals surface area contributed by atoms with Crippen LogP contribution in [0.2, 0.25) is 36.3 Å². The van der Waals surface area contributed by atoms with Gasteiger partial charge in [0.15, 0.2) is 16.6 Å². The fourth-order valence-electron chi connectivity index (χ4n) is 13.1. The second-order valence-corrected chi connectivity index (χ2v) is 28.2. The van der Waals surface area contributed by atoms with Gasteiger partial charge in [-0.2, -0.15) is 0 Å². The number of hydrogen-bond donors (Lipinski definition) is 1. The molecule has 0 unspecified atom stereocenters. The molecule has 0 aliphatic heterocycles. The van der Waals surface area contributed by atoms with Crippen LogP contribution in [0.4, 0.5) is 0 Å². The summed E-state index contributed by atoms with van der Waals surface area (Å²) in [7, 11) is -3.41. The van der Waals surface area contributed by atoms with E-state index >= 15 is 0 Å². The van der Waals surface area contributed by atoms with Gasteiger partial charge in [-0.25, -0.2) is 0 Å². The summed E-state index contributed by atoms with van der Waals surface area (Å²) in [4.78, 5) is 0. The predicted octanol–water partition coefficient (Wildman–Crippen LogP) is 11.9. The van der Waals surface area contributed by atoms with Crippen LogP contribution < -0.4 is 0 Å². The molecule has 13 atom stereocenters. The maximum atomic E-state index is 12.5. The Bertz CT molecular complexity index is 991. The molecule has 5 aliphatic carbocycles. The maximum Gasteiger partial charge on any atom is 0.192 e. The predicted molar refractivity (Wildman–Crippen MR) is 201 cm³/mol. The molecule has 5 saturated carbocycles. The molecule has 5 rings (SSSR count). The Balaban J connectivity index is 1.41. The smallest absolute Gasteiger partial charge is 0.192 e.